The van der Waals surface area contributed by atoms with Gasteiger partial charge in [0, 0.05) is 36.3 Å². The topological polar surface area (TPSA) is 83.5 Å². The summed E-state index contributed by atoms with van der Waals surface area (Å²) >= 11 is 2.32. The summed E-state index contributed by atoms with van der Waals surface area (Å²) < 4.78 is 7.37. The lowest BCUT2D eigenvalue weighted by atomic mass is 10.1. The highest BCUT2D eigenvalue weighted by Gasteiger charge is 2.23. The van der Waals surface area contributed by atoms with Gasteiger partial charge >= 0.3 is 11.8 Å². The number of halogens is 1. The van der Waals surface area contributed by atoms with E-state index < -0.39 is 0 Å². The molecule has 0 unspecified atom stereocenters. The van der Waals surface area contributed by atoms with Gasteiger partial charge in [0.15, 0.2) is 0 Å². The first-order chi connectivity index (χ1) is 12.1. The first kappa shape index (κ1) is 17.8. The molecule has 1 aromatic carbocycles. The summed E-state index contributed by atoms with van der Waals surface area (Å²) in [5.41, 5.74) is 2.82. The Balaban J connectivity index is 1.76. The fourth-order valence-corrected chi connectivity index (χ4v) is 3.52. The van der Waals surface area contributed by atoms with Crippen molar-refractivity contribution in [1.29, 1.82) is 0 Å². The van der Waals surface area contributed by atoms with Gasteiger partial charge in [-0.25, -0.2) is 19.3 Å². The fourth-order valence-electron chi connectivity index (χ4n) is 2.91. The van der Waals surface area contributed by atoms with Crippen LogP contribution in [0.2, 0.25) is 0 Å². The number of carbonyl (C=O) groups excluding carboxylic acids is 1. The van der Waals surface area contributed by atoms with E-state index in [0.717, 1.165) is 34.5 Å². The van der Waals surface area contributed by atoms with Crippen LogP contribution in [0.1, 0.15) is 12.5 Å². The normalized spacial score (nSPS) is 14.6. The number of hydrogen-bond acceptors (Lipinski definition) is 5. The standard InChI is InChI=1S/C16H20IN5O3/c1-2-25-16(24)21-7-5-20(6-8-21)14-4-3-13(9-12(14)10-17)22-11-18-19-15(22)23/h3-4,9,11H,2,5-8,10H2,1H3,(H,19,23). The third kappa shape index (κ3) is 3.80. The summed E-state index contributed by atoms with van der Waals surface area (Å²) in [4.78, 5) is 27.6. The third-order valence-electron chi connectivity index (χ3n) is 4.18. The molecule has 0 spiro atoms. The van der Waals surface area contributed by atoms with Crippen LogP contribution in [0, 0.1) is 0 Å². The molecule has 134 valence electrons. The number of carbonyl (C=O) groups is 1. The number of nitrogens with one attached hydrogen (secondary N) is 1. The Bertz CT molecular complexity index is 795. The zero-order valence-corrected chi connectivity index (χ0v) is 16.1. The maximum Gasteiger partial charge on any atom is 0.409 e. The first-order valence-corrected chi connectivity index (χ1v) is 9.64. The number of aromatic amines is 1. The molecule has 1 saturated heterocycles. The van der Waals surface area contributed by atoms with E-state index in [-0.39, 0.29) is 11.8 Å². The number of benzene rings is 1. The molecule has 1 aromatic heterocycles. The molecule has 1 aliphatic rings. The molecule has 3 rings (SSSR count). The van der Waals surface area contributed by atoms with Crippen LogP contribution in [-0.4, -0.2) is 58.5 Å². The predicted molar refractivity (Wildman–Crippen MR) is 103 cm³/mol. The van der Waals surface area contributed by atoms with Crippen LogP contribution in [0.15, 0.2) is 29.3 Å². The molecule has 9 heteroatoms. The molecule has 0 aliphatic carbocycles. The highest BCUT2D eigenvalue weighted by atomic mass is 127. The minimum absolute atomic E-state index is 0.244. The van der Waals surface area contributed by atoms with Gasteiger partial charge in [0.2, 0.25) is 0 Å². The van der Waals surface area contributed by atoms with Crippen molar-refractivity contribution >= 4 is 34.4 Å². The lowest BCUT2D eigenvalue weighted by Crippen LogP contribution is -2.49. The molecule has 0 bridgehead atoms. The SMILES string of the molecule is CCOC(=O)N1CCN(c2ccc(-n3cn[nH]c3=O)cc2CI)CC1. The molecule has 8 nitrogen and oxygen atoms in total. The van der Waals surface area contributed by atoms with Crippen molar-refractivity contribution < 1.29 is 9.53 Å². The molecule has 0 saturated carbocycles. The second-order valence-electron chi connectivity index (χ2n) is 5.65. The van der Waals surface area contributed by atoms with E-state index in [1.807, 2.05) is 25.1 Å². The second-order valence-corrected chi connectivity index (χ2v) is 6.41. The number of hydrogen-bond donors (Lipinski definition) is 1. The van der Waals surface area contributed by atoms with E-state index in [2.05, 4.69) is 37.7 Å². The van der Waals surface area contributed by atoms with E-state index >= 15 is 0 Å². The van der Waals surface area contributed by atoms with Crippen LogP contribution in [-0.2, 0) is 9.16 Å². The number of amides is 1. The molecule has 1 amide bonds. The van der Waals surface area contributed by atoms with Gasteiger partial charge in [-0.05, 0) is 30.7 Å². The van der Waals surface area contributed by atoms with Gasteiger partial charge < -0.3 is 14.5 Å². The van der Waals surface area contributed by atoms with Crippen molar-refractivity contribution in [2.24, 2.45) is 0 Å². The monoisotopic (exact) mass is 457 g/mol. The van der Waals surface area contributed by atoms with Gasteiger partial charge in [0.1, 0.15) is 6.33 Å². The first-order valence-electron chi connectivity index (χ1n) is 8.12. The van der Waals surface area contributed by atoms with Crippen LogP contribution in [0.4, 0.5) is 10.5 Å². The Morgan fingerprint density at radius 1 is 1.32 bits per heavy atom. The summed E-state index contributed by atoms with van der Waals surface area (Å²) in [7, 11) is 0. The molecule has 25 heavy (non-hydrogen) atoms. The number of rotatable bonds is 4. The minimum Gasteiger partial charge on any atom is -0.450 e. The molecule has 2 heterocycles. The molecule has 0 radical (unpaired) electrons. The number of nitrogens with zero attached hydrogens (tertiary/aromatic N) is 4. The molecule has 0 atom stereocenters. The second kappa shape index (κ2) is 7.89. The van der Waals surface area contributed by atoms with Gasteiger partial charge in [-0.2, -0.15) is 5.10 Å². The minimum atomic E-state index is -0.254. The summed E-state index contributed by atoms with van der Waals surface area (Å²) in [6, 6.07) is 5.96. The van der Waals surface area contributed by atoms with Crippen molar-refractivity contribution in [3.63, 3.8) is 0 Å². The van der Waals surface area contributed by atoms with Gasteiger partial charge in [-0.15, -0.1) is 0 Å². The Hall–Kier alpha value is -2.04. The fraction of sp³-hybridized carbons (Fsp3) is 0.438. The zero-order valence-electron chi connectivity index (χ0n) is 13.9. The largest absolute Gasteiger partial charge is 0.450 e. The van der Waals surface area contributed by atoms with E-state index in [1.165, 1.54) is 10.9 Å². The van der Waals surface area contributed by atoms with Crippen LogP contribution >= 0.6 is 22.6 Å². The van der Waals surface area contributed by atoms with Gasteiger partial charge in [-0.3, -0.25) is 0 Å². The quantitative estimate of drug-likeness (QED) is 0.559. The van der Waals surface area contributed by atoms with Gasteiger partial charge in [-0.1, -0.05) is 22.6 Å². The Morgan fingerprint density at radius 2 is 2.08 bits per heavy atom. The average molecular weight is 457 g/mol. The number of ether oxygens (including phenoxy) is 1. The van der Waals surface area contributed by atoms with E-state index in [4.69, 9.17) is 4.74 Å². The lowest BCUT2D eigenvalue weighted by Gasteiger charge is -2.36. The Kier molecular flexibility index (Phi) is 5.61. The number of piperazine rings is 1. The lowest BCUT2D eigenvalue weighted by molar-refractivity contribution is 0.105. The van der Waals surface area contributed by atoms with Crippen molar-refractivity contribution in [3.05, 3.63) is 40.6 Å². The maximum absolute atomic E-state index is 11.8. The van der Waals surface area contributed by atoms with Crippen molar-refractivity contribution in [1.82, 2.24) is 19.7 Å². The third-order valence-corrected chi connectivity index (χ3v) is 5.01. The number of alkyl halides is 1. The van der Waals surface area contributed by atoms with E-state index in [1.54, 1.807) is 4.90 Å². The van der Waals surface area contributed by atoms with Crippen LogP contribution < -0.4 is 10.6 Å². The molecule has 1 N–H and O–H groups in total. The van der Waals surface area contributed by atoms with E-state index in [9.17, 15) is 9.59 Å². The van der Waals surface area contributed by atoms with Crippen LogP contribution in [0.3, 0.4) is 0 Å². The zero-order chi connectivity index (χ0) is 17.8. The van der Waals surface area contributed by atoms with Crippen LogP contribution in [0.25, 0.3) is 5.69 Å². The number of aromatic nitrogens is 3. The summed E-state index contributed by atoms with van der Waals surface area (Å²) in [5, 5.41) is 6.17. The predicted octanol–water partition coefficient (Wildman–Crippen LogP) is 1.77. The smallest absolute Gasteiger partial charge is 0.409 e. The van der Waals surface area contributed by atoms with Crippen molar-refractivity contribution in [3.8, 4) is 5.69 Å². The highest BCUT2D eigenvalue weighted by Crippen LogP contribution is 2.26. The maximum atomic E-state index is 11.8. The summed E-state index contributed by atoms with van der Waals surface area (Å²) in [6.07, 6.45) is 1.23. The molecule has 2 aromatic rings. The van der Waals surface area contributed by atoms with Crippen molar-refractivity contribution in [2.45, 2.75) is 11.4 Å². The number of H-pyrrole nitrogens is 1. The van der Waals surface area contributed by atoms with E-state index in [0.29, 0.717) is 19.7 Å². The van der Waals surface area contributed by atoms with Crippen LogP contribution in [0.5, 0.6) is 0 Å². The Labute approximate surface area is 158 Å². The molecular formula is C16H20IN5O3. The van der Waals surface area contributed by atoms with Crippen molar-refractivity contribution in [2.75, 3.05) is 37.7 Å². The Morgan fingerprint density at radius 3 is 2.68 bits per heavy atom. The summed E-state index contributed by atoms with van der Waals surface area (Å²) in [5.74, 6) is 0. The average Bonchev–Trinajstić information content (AvgIpc) is 3.07. The molecule has 1 aliphatic heterocycles. The highest BCUT2D eigenvalue weighted by molar-refractivity contribution is 14.1. The van der Waals surface area contributed by atoms with Gasteiger partial charge in [0.25, 0.3) is 0 Å². The van der Waals surface area contributed by atoms with Gasteiger partial charge in [0.05, 0.1) is 12.3 Å². The molecule has 1 fully saturated rings. The summed E-state index contributed by atoms with van der Waals surface area (Å²) in [6.45, 7) is 5.01. The molecular weight excluding hydrogens is 437 g/mol. The number of anilines is 1.